The molecule has 1 heterocycles. The number of carbonyl (C=O) groups excluding carboxylic acids is 1. The van der Waals surface area contributed by atoms with Crippen LogP contribution in [0.1, 0.15) is 53.6 Å². The van der Waals surface area contributed by atoms with Crippen LogP contribution in [0.2, 0.25) is 0 Å². The van der Waals surface area contributed by atoms with Gasteiger partial charge in [0.25, 0.3) is 5.91 Å². The minimum atomic E-state index is -0.536. The second kappa shape index (κ2) is 10.2. The average Bonchev–Trinajstić information content (AvgIpc) is 3.11. The van der Waals surface area contributed by atoms with E-state index in [9.17, 15) is 9.59 Å². The van der Waals surface area contributed by atoms with Crippen LogP contribution in [0.4, 0.5) is 0 Å². The highest BCUT2D eigenvalue weighted by Gasteiger charge is 2.33. The van der Waals surface area contributed by atoms with Gasteiger partial charge in [-0.15, -0.1) is 0 Å². The lowest BCUT2D eigenvalue weighted by molar-refractivity contribution is 0.0600. The van der Waals surface area contributed by atoms with Gasteiger partial charge in [-0.1, -0.05) is 67.0 Å². The molecule has 31 heavy (non-hydrogen) atoms. The first-order chi connectivity index (χ1) is 14.9. The molecule has 1 aromatic heterocycles. The lowest BCUT2D eigenvalue weighted by Gasteiger charge is -2.33. The van der Waals surface area contributed by atoms with E-state index in [1.165, 1.54) is 4.57 Å². The van der Waals surface area contributed by atoms with E-state index in [0.29, 0.717) is 37.4 Å². The van der Waals surface area contributed by atoms with Crippen LogP contribution in [0.15, 0.2) is 63.9 Å². The molecule has 3 rings (SSSR count). The van der Waals surface area contributed by atoms with Crippen molar-refractivity contribution in [3.63, 3.8) is 0 Å². The van der Waals surface area contributed by atoms with E-state index in [1.54, 1.807) is 4.90 Å². The van der Waals surface area contributed by atoms with Crippen LogP contribution >= 0.6 is 0 Å². The summed E-state index contributed by atoms with van der Waals surface area (Å²) in [5.74, 6) is -0.208. The summed E-state index contributed by atoms with van der Waals surface area (Å²) in [6.45, 7) is 7.24. The van der Waals surface area contributed by atoms with Gasteiger partial charge in [-0.05, 0) is 43.5 Å². The average molecular weight is 423 g/mol. The molecule has 1 amide bonds. The van der Waals surface area contributed by atoms with E-state index in [4.69, 9.17) is 10.3 Å². The first-order valence-electron chi connectivity index (χ1n) is 10.6. The number of aryl methyl sites for hydroxylation is 1. The molecule has 7 nitrogen and oxygen atoms in total. The van der Waals surface area contributed by atoms with Gasteiger partial charge < -0.3 is 10.6 Å². The third-order valence-corrected chi connectivity index (χ3v) is 5.29. The monoisotopic (exact) mass is 422 g/mol. The zero-order chi connectivity index (χ0) is 22.4. The van der Waals surface area contributed by atoms with Crippen molar-refractivity contribution in [1.82, 2.24) is 14.6 Å². The Labute approximate surface area is 182 Å². The molecule has 1 unspecified atom stereocenters. The molecular formula is C24H30N4O3. The molecule has 1 atom stereocenters. The van der Waals surface area contributed by atoms with Crippen LogP contribution in [-0.2, 0) is 6.54 Å². The van der Waals surface area contributed by atoms with E-state index in [-0.39, 0.29) is 11.8 Å². The maximum absolute atomic E-state index is 13.5. The molecule has 2 aromatic carbocycles. The Bertz CT molecular complexity index is 1040. The Balaban J connectivity index is 2.02. The Hall–Kier alpha value is -3.19. The number of benzene rings is 2. The smallest absolute Gasteiger partial charge is 0.330 e. The lowest BCUT2D eigenvalue weighted by atomic mass is 9.99. The Morgan fingerprint density at radius 1 is 1.13 bits per heavy atom. The normalized spacial score (nSPS) is 12.2. The van der Waals surface area contributed by atoms with Crippen LogP contribution in [0.5, 0.6) is 0 Å². The van der Waals surface area contributed by atoms with Crippen LogP contribution in [0.3, 0.4) is 0 Å². The molecule has 164 valence electrons. The van der Waals surface area contributed by atoms with Crippen molar-refractivity contribution < 1.29 is 9.32 Å². The van der Waals surface area contributed by atoms with Gasteiger partial charge in [0.15, 0.2) is 5.82 Å². The summed E-state index contributed by atoms with van der Waals surface area (Å²) in [7, 11) is 0. The van der Waals surface area contributed by atoms with Crippen LogP contribution < -0.4 is 11.5 Å². The molecule has 3 aromatic rings. The maximum atomic E-state index is 13.5. The minimum absolute atomic E-state index is 0.00121. The fourth-order valence-corrected chi connectivity index (χ4v) is 3.69. The maximum Gasteiger partial charge on any atom is 0.441 e. The fourth-order valence-electron chi connectivity index (χ4n) is 3.69. The zero-order valence-electron chi connectivity index (χ0n) is 18.3. The van der Waals surface area contributed by atoms with E-state index in [1.807, 2.05) is 75.4 Å². The molecule has 0 aliphatic rings. The zero-order valence-corrected chi connectivity index (χ0v) is 18.3. The van der Waals surface area contributed by atoms with Gasteiger partial charge in [0.2, 0.25) is 0 Å². The molecule has 0 radical (unpaired) electrons. The van der Waals surface area contributed by atoms with Gasteiger partial charge in [0.1, 0.15) is 0 Å². The second-order valence-corrected chi connectivity index (χ2v) is 8.07. The minimum Gasteiger partial charge on any atom is -0.330 e. The lowest BCUT2D eigenvalue weighted by Crippen LogP contribution is -2.40. The van der Waals surface area contributed by atoms with Gasteiger partial charge in [0, 0.05) is 12.1 Å². The third-order valence-electron chi connectivity index (χ3n) is 5.29. The van der Waals surface area contributed by atoms with Crippen molar-refractivity contribution in [2.45, 2.75) is 39.8 Å². The summed E-state index contributed by atoms with van der Waals surface area (Å²) in [6, 6.07) is 16.7. The molecule has 2 N–H and O–H groups in total. The summed E-state index contributed by atoms with van der Waals surface area (Å²) in [5.41, 5.74) is 8.39. The summed E-state index contributed by atoms with van der Waals surface area (Å²) < 4.78 is 6.56. The molecule has 0 spiro atoms. The van der Waals surface area contributed by atoms with E-state index < -0.39 is 11.8 Å². The highest BCUT2D eigenvalue weighted by atomic mass is 16.5. The van der Waals surface area contributed by atoms with Crippen molar-refractivity contribution in [3.05, 3.63) is 87.7 Å². The van der Waals surface area contributed by atoms with Crippen molar-refractivity contribution in [2.24, 2.45) is 11.7 Å². The number of hydrogen-bond acceptors (Lipinski definition) is 5. The predicted octanol–water partition coefficient (Wildman–Crippen LogP) is 3.38. The van der Waals surface area contributed by atoms with E-state index in [0.717, 1.165) is 11.1 Å². The van der Waals surface area contributed by atoms with E-state index in [2.05, 4.69) is 5.16 Å². The van der Waals surface area contributed by atoms with Crippen molar-refractivity contribution in [1.29, 1.82) is 0 Å². The van der Waals surface area contributed by atoms with Gasteiger partial charge in [-0.25, -0.2) is 4.79 Å². The fraction of sp³-hybridized carbons (Fsp3) is 0.375. The van der Waals surface area contributed by atoms with Crippen LogP contribution in [-0.4, -0.2) is 33.6 Å². The first kappa shape index (κ1) is 22.5. The van der Waals surface area contributed by atoms with Crippen LogP contribution in [0.25, 0.3) is 0 Å². The van der Waals surface area contributed by atoms with Crippen molar-refractivity contribution >= 4 is 5.91 Å². The number of rotatable bonds is 9. The largest absolute Gasteiger partial charge is 0.441 e. The number of nitrogens with two attached hydrogens (primary N) is 1. The summed E-state index contributed by atoms with van der Waals surface area (Å²) in [5, 5.41) is 4.10. The molecule has 0 saturated heterocycles. The molecule has 0 fully saturated rings. The SMILES string of the molecule is Cc1ccc(C(=O)N(CCCN)C(c2noc(=O)n2Cc2ccccc2)C(C)C)cc1. The quantitative estimate of drug-likeness (QED) is 0.570. The molecule has 0 bridgehead atoms. The standard InChI is InChI=1S/C24H30N4O3/c1-17(2)21(22-26-31-24(30)28(22)16-19-8-5-4-6-9-19)27(15-7-14-25)23(29)20-12-10-18(3)11-13-20/h4-6,8-13,17,21H,7,14-16,25H2,1-3H3. The molecule has 0 aliphatic heterocycles. The number of carbonyl (C=O) groups is 1. The summed E-state index contributed by atoms with van der Waals surface area (Å²) in [6.07, 6.45) is 0.640. The second-order valence-electron chi connectivity index (χ2n) is 8.07. The Morgan fingerprint density at radius 3 is 2.42 bits per heavy atom. The van der Waals surface area contributed by atoms with Gasteiger partial charge in [-0.3, -0.25) is 13.9 Å². The highest BCUT2D eigenvalue weighted by Crippen LogP contribution is 2.29. The van der Waals surface area contributed by atoms with Crippen molar-refractivity contribution in [2.75, 3.05) is 13.1 Å². The molecule has 0 aliphatic carbocycles. The summed E-state index contributed by atoms with van der Waals surface area (Å²) >= 11 is 0. The topological polar surface area (TPSA) is 94.4 Å². The van der Waals surface area contributed by atoms with E-state index >= 15 is 0 Å². The molecule has 0 saturated carbocycles. The van der Waals surface area contributed by atoms with Gasteiger partial charge in [-0.2, -0.15) is 0 Å². The van der Waals surface area contributed by atoms with Gasteiger partial charge in [0.05, 0.1) is 12.6 Å². The number of aromatic nitrogens is 2. The number of nitrogens with zero attached hydrogens (tertiary/aromatic N) is 3. The number of hydrogen-bond donors (Lipinski definition) is 1. The van der Waals surface area contributed by atoms with Crippen molar-refractivity contribution in [3.8, 4) is 0 Å². The number of amides is 1. The highest BCUT2D eigenvalue weighted by molar-refractivity contribution is 5.94. The predicted molar refractivity (Wildman–Crippen MR) is 120 cm³/mol. The third kappa shape index (κ3) is 5.30. The molecule has 7 heteroatoms. The first-order valence-corrected chi connectivity index (χ1v) is 10.6. The molecular weight excluding hydrogens is 392 g/mol. The van der Waals surface area contributed by atoms with Crippen LogP contribution in [0, 0.1) is 12.8 Å². The Morgan fingerprint density at radius 2 is 1.81 bits per heavy atom. The summed E-state index contributed by atoms with van der Waals surface area (Å²) in [4.78, 5) is 27.8. The Kier molecular flexibility index (Phi) is 7.41. The van der Waals surface area contributed by atoms with Gasteiger partial charge >= 0.3 is 5.76 Å².